The molecule has 1 aromatic rings. The van der Waals surface area contributed by atoms with E-state index in [1.165, 1.54) is 6.92 Å². The molecule has 2 N–H and O–H groups in total. The summed E-state index contributed by atoms with van der Waals surface area (Å²) >= 11 is 0. The Balaban J connectivity index is 2.10. The number of benzene rings is 1. The second kappa shape index (κ2) is 5.87. The van der Waals surface area contributed by atoms with Crippen LogP contribution in [0.15, 0.2) is 24.3 Å². The lowest BCUT2D eigenvalue weighted by molar-refractivity contribution is -0.114. The van der Waals surface area contributed by atoms with Gasteiger partial charge < -0.3 is 15.2 Å². The van der Waals surface area contributed by atoms with Crippen LogP contribution in [-0.2, 0) is 4.79 Å². The van der Waals surface area contributed by atoms with Gasteiger partial charge >= 0.3 is 0 Å². The molecule has 0 saturated heterocycles. The summed E-state index contributed by atoms with van der Waals surface area (Å²) in [6.07, 6.45) is 3.18. The summed E-state index contributed by atoms with van der Waals surface area (Å²) in [5.74, 6) is 0.494. The minimum Gasteiger partial charge on any atom is -0.486 e. The molecule has 1 aliphatic rings. The summed E-state index contributed by atoms with van der Waals surface area (Å²) in [6, 6.07) is 7.31. The highest BCUT2D eigenvalue weighted by atomic mass is 16.5. The van der Waals surface area contributed by atoms with E-state index >= 15 is 0 Å². The van der Waals surface area contributed by atoms with E-state index < -0.39 is 6.10 Å². The van der Waals surface area contributed by atoms with E-state index in [-0.39, 0.29) is 12.0 Å². The van der Waals surface area contributed by atoms with Crippen LogP contribution in [0.25, 0.3) is 0 Å². The first-order valence-electron chi connectivity index (χ1n) is 6.38. The first kappa shape index (κ1) is 12.9. The summed E-state index contributed by atoms with van der Waals surface area (Å²) in [5, 5.41) is 12.6. The van der Waals surface area contributed by atoms with Crippen molar-refractivity contribution in [1.29, 1.82) is 0 Å². The van der Waals surface area contributed by atoms with Crippen molar-refractivity contribution >= 4 is 11.6 Å². The third-order valence-corrected chi connectivity index (χ3v) is 3.14. The van der Waals surface area contributed by atoms with Crippen molar-refractivity contribution in [3.8, 4) is 5.75 Å². The highest BCUT2D eigenvalue weighted by Crippen LogP contribution is 2.29. The van der Waals surface area contributed by atoms with Crippen LogP contribution in [0.4, 0.5) is 5.69 Å². The van der Waals surface area contributed by atoms with Gasteiger partial charge in [0.05, 0.1) is 11.8 Å². The van der Waals surface area contributed by atoms with Gasteiger partial charge in [-0.25, -0.2) is 0 Å². The summed E-state index contributed by atoms with van der Waals surface area (Å²) in [5.41, 5.74) is 0.655. The number of hydrogen-bond donors (Lipinski definition) is 2. The minimum absolute atomic E-state index is 0.129. The Labute approximate surface area is 107 Å². The quantitative estimate of drug-likeness (QED) is 0.864. The Morgan fingerprint density at radius 3 is 2.78 bits per heavy atom. The number of ether oxygens (including phenoxy) is 1. The van der Waals surface area contributed by atoms with Crippen LogP contribution in [0.1, 0.15) is 32.6 Å². The van der Waals surface area contributed by atoms with Crippen LogP contribution >= 0.6 is 0 Å². The van der Waals surface area contributed by atoms with Gasteiger partial charge in [-0.2, -0.15) is 0 Å². The highest BCUT2D eigenvalue weighted by molar-refractivity contribution is 5.90. The van der Waals surface area contributed by atoms with Crippen molar-refractivity contribution in [2.45, 2.75) is 44.8 Å². The molecule has 1 aromatic carbocycles. The second-order valence-electron chi connectivity index (χ2n) is 4.69. The molecular formula is C14H19NO3. The molecule has 1 saturated carbocycles. The van der Waals surface area contributed by atoms with Crippen molar-refractivity contribution in [2.24, 2.45) is 0 Å². The normalized spacial score (nSPS) is 23.4. The second-order valence-corrected chi connectivity index (χ2v) is 4.69. The molecule has 4 nitrogen and oxygen atoms in total. The lowest BCUT2D eigenvalue weighted by Crippen LogP contribution is -2.34. The summed E-state index contributed by atoms with van der Waals surface area (Å²) in [4.78, 5) is 11.1. The monoisotopic (exact) mass is 249 g/mol. The lowest BCUT2D eigenvalue weighted by Gasteiger charge is -2.28. The molecule has 1 amide bonds. The molecule has 2 rings (SSSR count). The maximum atomic E-state index is 11.1. The summed E-state index contributed by atoms with van der Waals surface area (Å²) in [7, 11) is 0. The van der Waals surface area contributed by atoms with Crippen molar-refractivity contribution in [3.63, 3.8) is 0 Å². The van der Waals surface area contributed by atoms with Gasteiger partial charge in [-0.3, -0.25) is 4.79 Å². The number of carbonyl (C=O) groups excluding carboxylic acids is 1. The maximum Gasteiger partial charge on any atom is 0.221 e. The van der Waals surface area contributed by atoms with E-state index in [4.69, 9.17) is 4.74 Å². The average Bonchev–Trinajstić information content (AvgIpc) is 2.34. The van der Waals surface area contributed by atoms with Crippen LogP contribution in [0, 0.1) is 0 Å². The summed E-state index contributed by atoms with van der Waals surface area (Å²) in [6.45, 7) is 1.46. The number of nitrogens with one attached hydrogen (secondary N) is 1. The van der Waals surface area contributed by atoms with Gasteiger partial charge in [0, 0.05) is 6.92 Å². The van der Waals surface area contributed by atoms with E-state index in [1.807, 2.05) is 18.2 Å². The molecule has 1 aliphatic carbocycles. The van der Waals surface area contributed by atoms with E-state index in [2.05, 4.69) is 5.32 Å². The van der Waals surface area contributed by atoms with Gasteiger partial charge in [-0.15, -0.1) is 0 Å². The molecule has 2 atom stereocenters. The van der Waals surface area contributed by atoms with E-state index in [0.29, 0.717) is 11.4 Å². The number of aliphatic hydroxyl groups is 1. The predicted octanol–water partition coefficient (Wildman–Crippen LogP) is 2.33. The molecule has 0 aliphatic heterocycles. The van der Waals surface area contributed by atoms with Crippen LogP contribution in [0.3, 0.4) is 0 Å². The third-order valence-electron chi connectivity index (χ3n) is 3.14. The smallest absolute Gasteiger partial charge is 0.221 e. The van der Waals surface area contributed by atoms with Crippen molar-refractivity contribution in [3.05, 3.63) is 24.3 Å². The molecule has 0 radical (unpaired) electrons. The Bertz CT molecular complexity index is 419. The molecule has 0 unspecified atom stereocenters. The molecule has 0 heterocycles. The number of aliphatic hydroxyl groups excluding tert-OH is 1. The molecule has 0 aromatic heterocycles. The van der Waals surface area contributed by atoms with Gasteiger partial charge in [-0.1, -0.05) is 18.6 Å². The highest BCUT2D eigenvalue weighted by Gasteiger charge is 2.25. The molecule has 0 spiro atoms. The van der Waals surface area contributed by atoms with E-state index in [0.717, 1.165) is 25.7 Å². The van der Waals surface area contributed by atoms with Crippen molar-refractivity contribution in [1.82, 2.24) is 0 Å². The fourth-order valence-electron chi connectivity index (χ4n) is 2.24. The zero-order valence-corrected chi connectivity index (χ0v) is 10.6. The predicted molar refractivity (Wildman–Crippen MR) is 69.6 cm³/mol. The molecule has 18 heavy (non-hydrogen) atoms. The van der Waals surface area contributed by atoms with Gasteiger partial charge in [0.1, 0.15) is 11.9 Å². The van der Waals surface area contributed by atoms with E-state index in [9.17, 15) is 9.90 Å². The molecule has 4 heteroatoms. The largest absolute Gasteiger partial charge is 0.486 e. The number of rotatable bonds is 3. The topological polar surface area (TPSA) is 58.6 Å². The first-order chi connectivity index (χ1) is 8.66. The Hall–Kier alpha value is -1.55. The minimum atomic E-state index is -0.413. The summed E-state index contributed by atoms with van der Waals surface area (Å²) < 4.78 is 5.83. The van der Waals surface area contributed by atoms with Gasteiger partial charge in [0.2, 0.25) is 5.91 Å². The third kappa shape index (κ3) is 3.23. The Morgan fingerprint density at radius 1 is 1.33 bits per heavy atom. The fraction of sp³-hybridized carbons (Fsp3) is 0.500. The van der Waals surface area contributed by atoms with Gasteiger partial charge in [-0.05, 0) is 31.4 Å². The zero-order chi connectivity index (χ0) is 13.0. The Morgan fingerprint density at radius 2 is 2.06 bits per heavy atom. The van der Waals surface area contributed by atoms with Crippen molar-refractivity contribution in [2.75, 3.05) is 5.32 Å². The number of para-hydroxylation sites is 2. The number of carbonyl (C=O) groups is 1. The number of amides is 1. The fourth-order valence-corrected chi connectivity index (χ4v) is 2.24. The van der Waals surface area contributed by atoms with Gasteiger partial charge in [0.15, 0.2) is 0 Å². The molecule has 0 bridgehead atoms. The van der Waals surface area contributed by atoms with Crippen LogP contribution in [0.2, 0.25) is 0 Å². The maximum absolute atomic E-state index is 11.1. The molecule has 1 fully saturated rings. The molecular weight excluding hydrogens is 230 g/mol. The Kier molecular flexibility index (Phi) is 4.20. The number of hydrogen-bond acceptors (Lipinski definition) is 3. The zero-order valence-electron chi connectivity index (χ0n) is 10.6. The van der Waals surface area contributed by atoms with Gasteiger partial charge in [0.25, 0.3) is 0 Å². The van der Waals surface area contributed by atoms with Crippen molar-refractivity contribution < 1.29 is 14.6 Å². The first-order valence-corrected chi connectivity index (χ1v) is 6.38. The SMILES string of the molecule is CC(=O)Nc1ccccc1O[C@H]1CCCC[C@@H]1O. The standard InChI is InChI=1S/C14H19NO3/c1-10(16)15-11-6-2-4-8-13(11)18-14-9-5-3-7-12(14)17/h2,4,6,8,12,14,17H,3,5,7,9H2,1H3,(H,15,16)/t12-,14-/m0/s1. The molecule has 98 valence electrons. The average molecular weight is 249 g/mol. The lowest BCUT2D eigenvalue weighted by atomic mass is 9.95. The van der Waals surface area contributed by atoms with Crippen LogP contribution in [0.5, 0.6) is 5.75 Å². The van der Waals surface area contributed by atoms with Crippen LogP contribution in [-0.4, -0.2) is 23.2 Å². The van der Waals surface area contributed by atoms with Crippen LogP contribution < -0.4 is 10.1 Å². The van der Waals surface area contributed by atoms with E-state index in [1.54, 1.807) is 6.07 Å². The number of anilines is 1.